The number of halogens is 2. The third-order valence-electron chi connectivity index (χ3n) is 3.52. The predicted molar refractivity (Wildman–Crippen MR) is 83.7 cm³/mol. The lowest BCUT2D eigenvalue weighted by Gasteiger charge is -2.33. The zero-order chi connectivity index (χ0) is 15.7. The summed E-state index contributed by atoms with van der Waals surface area (Å²) in [4.78, 5) is 0. The topological polar surface area (TPSA) is 55.4 Å². The highest BCUT2D eigenvalue weighted by atomic mass is 35.5. The number of benzene rings is 1. The Morgan fingerprint density at radius 1 is 1.25 bits per heavy atom. The first kappa shape index (κ1) is 17.6. The molecule has 7 heteroatoms. The summed E-state index contributed by atoms with van der Waals surface area (Å²) in [6, 6.07) is 2.73. The van der Waals surface area contributed by atoms with Crippen molar-refractivity contribution >= 4 is 33.0 Å². The van der Waals surface area contributed by atoms with Gasteiger partial charge in [-0.3, -0.25) is 0 Å². The minimum Gasteiger partial charge on any atom is -0.495 e. The van der Waals surface area contributed by atoms with Crippen molar-refractivity contribution in [2.45, 2.75) is 24.6 Å². The number of ether oxygens (including phenoxy) is 1. The van der Waals surface area contributed by atoms with Crippen molar-refractivity contribution < 1.29 is 13.2 Å². The Hall–Kier alpha value is -0.490. The average molecular weight is 340 g/mol. The smallest absolute Gasteiger partial charge is 0.154 e. The van der Waals surface area contributed by atoms with E-state index < -0.39 is 20.6 Å². The van der Waals surface area contributed by atoms with Gasteiger partial charge in [0, 0.05) is 17.3 Å². The lowest BCUT2D eigenvalue weighted by molar-refractivity contribution is 0.413. The van der Waals surface area contributed by atoms with E-state index in [2.05, 4.69) is 5.32 Å². The quantitative estimate of drug-likeness (QED) is 0.895. The second-order valence-corrected chi connectivity index (χ2v) is 8.52. The van der Waals surface area contributed by atoms with Crippen LogP contribution < -0.4 is 10.1 Å². The van der Waals surface area contributed by atoms with Crippen LogP contribution in [-0.4, -0.2) is 33.6 Å². The van der Waals surface area contributed by atoms with Gasteiger partial charge in [0.15, 0.2) is 9.84 Å². The molecular weight excluding hydrogens is 321 g/mol. The van der Waals surface area contributed by atoms with Gasteiger partial charge in [0.1, 0.15) is 5.75 Å². The molecule has 0 bridgehead atoms. The van der Waals surface area contributed by atoms with E-state index in [0.29, 0.717) is 21.4 Å². The van der Waals surface area contributed by atoms with Crippen LogP contribution in [0.2, 0.25) is 10.0 Å². The molecule has 0 aliphatic rings. The van der Waals surface area contributed by atoms with Gasteiger partial charge >= 0.3 is 0 Å². The lowest BCUT2D eigenvalue weighted by Crippen LogP contribution is -2.43. The SMILES string of the molecule is CNC(c1cc(Cl)c(OC)cc1Cl)C(C)(C)S(C)(=O)=O. The van der Waals surface area contributed by atoms with Crippen LogP contribution >= 0.6 is 23.2 Å². The fourth-order valence-corrected chi connectivity index (χ4v) is 3.20. The molecule has 1 aromatic carbocycles. The van der Waals surface area contributed by atoms with Crippen molar-refractivity contribution in [1.82, 2.24) is 5.32 Å². The average Bonchev–Trinajstić information content (AvgIpc) is 2.32. The molecule has 20 heavy (non-hydrogen) atoms. The molecule has 1 aromatic rings. The molecule has 0 saturated carbocycles. The summed E-state index contributed by atoms with van der Waals surface area (Å²) in [6.07, 6.45) is 1.20. The standard InChI is InChI=1S/C13H19Cl2NO3S/c1-13(2,20(5,17)18)12(16-3)8-6-10(15)11(19-4)7-9(8)14/h6-7,12,16H,1-5H3. The van der Waals surface area contributed by atoms with E-state index in [1.54, 1.807) is 33.0 Å². The van der Waals surface area contributed by atoms with Crippen molar-refractivity contribution in [2.75, 3.05) is 20.4 Å². The van der Waals surface area contributed by atoms with Gasteiger partial charge in [0.25, 0.3) is 0 Å². The Morgan fingerprint density at radius 3 is 2.20 bits per heavy atom. The minimum atomic E-state index is -3.30. The van der Waals surface area contributed by atoms with Crippen LogP contribution in [0.5, 0.6) is 5.75 Å². The summed E-state index contributed by atoms with van der Waals surface area (Å²) in [7, 11) is -0.123. The van der Waals surface area contributed by atoms with E-state index in [9.17, 15) is 8.42 Å². The third kappa shape index (κ3) is 3.22. The molecule has 114 valence electrons. The molecule has 0 heterocycles. The predicted octanol–water partition coefficient (Wildman–Crippen LogP) is 3.09. The Balaban J connectivity index is 3.45. The van der Waals surface area contributed by atoms with Gasteiger partial charge in [-0.15, -0.1) is 0 Å². The Labute approximate surface area is 130 Å². The molecule has 0 fully saturated rings. The highest BCUT2D eigenvalue weighted by molar-refractivity contribution is 7.92. The minimum absolute atomic E-state index is 0.386. The van der Waals surface area contributed by atoms with Crippen LogP contribution in [0.4, 0.5) is 0 Å². The van der Waals surface area contributed by atoms with Gasteiger partial charge in [-0.05, 0) is 32.5 Å². The van der Waals surface area contributed by atoms with Gasteiger partial charge in [-0.25, -0.2) is 8.42 Å². The first-order valence-electron chi connectivity index (χ1n) is 5.96. The fraction of sp³-hybridized carbons (Fsp3) is 0.538. The molecule has 0 radical (unpaired) electrons. The molecule has 1 atom stereocenters. The fourth-order valence-electron chi connectivity index (χ4n) is 2.01. The molecule has 1 N–H and O–H groups in total. The van der Waals surface area contributed by atoms with Gasteiger partial charge in [0.05, 0.1) is 22.9 Å². The second-order valence-electron chi connectivity index (χ2n) is 5.11. The number of hydrogen-bond acceptors (Lipinski definition) is 4. The van der Waals surface area contributed by atoms with Crippen molar-refractivity contribution in [3.63, 3.8) is 0 Å². The normalized spacial score (nSPS) is 14.2. The van der Waals surface area contributed by atoms with E-state index >= 15 is 0 Å². The van der Waals surface area contributed by atoms with Gasteiger partial charge in [-0.1, -0.05) is 23.2 Å². The zero-order valence-electron chi connectivity index (χ0n) is 12.1. The Bertz CT molecular complexity index is 600. The first-order valence-corrected chi connectivity index (χ1v) is 8.60. The first-order chi connectivity index (χ1) is 9.06. The summed E-state index contributed by atoms with van der Waals surface area (Å²) in [5.74, 6) is 0.451. The van der Waals surface area contributed by atoms with Crippen LogP contribution in [0, 0.1) is 0 Å². The number of sulfone groups is 1. The Morgan fingerprint density at radius 2 is 1.80 bits per heavy atom. The summed E-state index contributed by atoms with van der Waals surface area (Å²) in [6.45, 7) is 3.30. The zero-order valence-corrected chi connectivity index (χ0v) is 14.4. The van der Waals surface area contributed by atoms with Crippen molar-refractivity contribution in [3.8, 4) is 5.75 Å². The maximum atomic E-state index is 12.0. The van der Waals surface area contributed by atoms with Gasteiger partial charge in [0.2, 0.25) is 0 Å². The van der Waals surface area contributed by atoms with Crippen LogP contribution in [0.3, 0.4) is 0 Å². The van der Waals surface area contributed by atoms with Crippen LogP contribution in [0.1, 0.15) is 25.5 Å². The second kappa shape index (κ2) is 6.10. The van der Waals surface area contributed by atoms with Crippen LogP contribution in [-0.2, 0) is 9.84 Å². The van der Waals surface area contributed by atoms with Gasteiger partial charge < -0.3 is 10.1 Å². The molecule has 0 amide bonds. The largest absolute Gasteiger partial charge is 0.495 e. The van der Waals surface area contributed by atoms with Gasteiger partial charge in [-0.2, -0.15) is 0 Å². The third-order valence-corrected chi connectivity index (χ3v) is 6.29. The van der Waals surface area contributed by atoms with Crippen molar-refractivity contribution in [2.24, 2.45) is 0 Å². The number of nitrogens with one attached hydrogen (secondary N) is 1. The lowest BCUT2D eigenvalue weighted by atomic mass is 9.95. The van der Waals surface area contributed by atoms with Crippen LogP contribution in [0.25, 0.3) is 0 Å². The van der Waals surface area contributed by atoms with E-state index in [1.165, 1.54) is 13.4 Å². The maximum absolute atomic E-state index is 12.0. The molecule has 0 aliphatic heterocycles. The Kier molecular flexibility index (Phi) is 5.35. The molecule has 0 aromatic heterocycles. The number of methoxy groups -OCH3 is 1. The summed E-state index contributed by atoms with van der Waals surface area (Å²) in [5.41, 5.74) is 0.621. The number of rotatable bonds is 5. The summed E-state index contributed by atoms with van der Waals surface area (Å²) >= 11 is 12.3. The van der Waals surface area contributed by atoms with E-state index in [0.717, 1.165) is 0 Å². The molecule has 0 spiro atoms. The monoisotopic (exact) mass is 339 g/mol. The molecule has 0 saturated heterocycles. The molecule has 1 unspecified atom stereocenters. The van der Waals surface area contributed by atoms with E-state index in [4.69, 9.17) is 27.9 Å². The summed E-state index contributed by atoms with van der Waals surface area (Å²) < 4.78 is 28.1. The van der Waals surface area contributed by atoms with Crippen molar-refractivity contribution in [3.05, 3.63) is 27.7 Å². The molecule has 1 rings (SSSR count). The highest BCUT2D eigenvalue weighted by Crippen LogP contribution is 2.39. The van der Waals surface area contributed by atoms with E-state index in [-0.39, 0.29) is 0 Å². The molecule has 0 aliphatic carbocycles. The summed E-state index contributed by atoms with van der Waals surface area (Å²) in [5, 5.41) is 3.80. The van der Waals surface area contributed by atoms with E-state index in [1.807, 2.05) is 0 Å². The number of hydrogen-bond donors (Lipinski definition) is 1. The van der Waals surface area contributed by atoms with Crippen LogP contribution in [0.15, 0.2) is 12.1 Å². The molecular formula is C13H19Cl2NO3S. The maximum Gasteiger partial charge on any atom is 0.154 e. The molecule has 4 nitrogen and oxygen atoms in total. The highest BCUT2D eigenvalue weighted by Gasteiger charge is 2.40. The van der Waals surface area contributed by atoms with Crippen molar-refractivity contribution in [1.29, 1.82) is 0 Å².